The van der Waals surface area contributed by atoms with Gasteiger partial charge in [-0.25, -0.2) is 4.79 Å². The first-order valence-corrected chi connectivity index (χ1v) is 11.9. The zero-order valence-electron chi connectivity index (χ0n) is 17.9. The first-order valence-electron chi connectivity index (χ1n) is 10.1. The lowest BCUT2D eigenvalue weighted by molar-refractivity contribution is -0.0927. The van der Waals surface area contributed by atoms with Crippen LogP contribution in [0.2, 0.25) is 0 Å². The van der Waals surface area contributed by atoms with Crippen LogP contribution in [0, 0.1) is 0 Å². The van der Waals surface area contributed by atoms with Crippen LogP contribution in [-0.4, -0.2) is 63.3 Å². The number of nitrogens with one attached hydrogen (secondary N) is 1. The predicted octanol–water partition coefficient (Wildman–Crippen LogP) is 1.45. The van der Waals surface area contributed by atoms with Gasteiger partial charge in [-0.3, -0.25) is 24.0 Å². The maximum atomic E-state index is 13.0. The molecule has 0 saturated carbocycles. The van der Waals surface area contributed by atoms with Crippen molar-refractivity contribution in [2.45, 2.75) is 25.0 Å². The molecule has 2 amide bonds. The van der Waals surface area contributed by atoms with Crippen molar-refractivity contribution in [1.29, 1.82) is 0 Å². The molecule has 1 N–H and O–H groups in total. The highest BCUT2D eigenvalue weighted by atomic mass is 32.2. The van der Waals surface area contributed by atoms with E-state index in [-0.39, 0.29) is 29.7 Å². The number of hydrogen-bond donors (Lipinski definition) is 1. The molecular formula is C22H22N2O8S. The summed E-state index contributed by atoms with van der Waals surface area (Å²) in [5, 5.41) is 2.94. The number of carbonyl (C=O) groups is 3. The maximum Gasteiger partial charge on any atom is 0.340 e. The van der Waals surface area contributed by atoms with Crippen LogP contribution in [0.5, 0.6) is 0 Å². The maximum absolute atomic E-state index is 13.0. The van der Waals surface area contributed by atoms with Gasteiger partial charge in [0.2, 0.25) is 6.29 Å². The number of nitrogens with zero attached hydrogens (tertiary/aromatic N) is 1. The molecular weight excluding hydrogens is 452 g/mol. The Bertz CT molecular complexity index is 1200. The van der Waals surface area contributed by atoms with Gasteiger partial charge < -0.3 is 9.47 Å². The lowest BCUT2D eigenvalue weighted by atomic mass is 10.1. The summed E-state index contributed by atoms with van der Waals surface area (Å²) in [4.78, 5) is 39.5. The Morgan fingerprint density at radius 1 is 1.09 bits per heavy atom. The van der Waals surface area contributed by atoms with Gasteiger partial charge in [-0.2, -0.15) is 8.42 Å². The van der Waals surface area contributed by atoms with E-state index in [1.165, 1.54) is 25.3 Å². The molecule has 1 saturated heterocycles. The molecule has 3 unspecified atom stereocenters. The van der Waals surface area contributed by atoms with E-state index in [0.717, 1.165) is 11.2 Å². The lowest BCUT2D eigenvalue weighted by Crippen LogP contribution is -2.45. The second-order valence-corrected chi connectivity index (χ2v) is 9.31. The van der Waals surface area contributed by atoms with E-state index in [1.807, 2.05) is 6.07 Å². The Morgan fingerprint density at radius 2 is 1.79 bits per heavy atom. The molecule has 0 aromatic heterocycles. The fraction of sp³-hybridized carbons (Fsp3) is 0.318. The number of methoxy groups -OCH3 is 1. The minimum atomic E-state index is -3.67. The first kappa shape index (κ1) is 23.1. The van der Waals surface area contributed by atoms with Crippen molar-refractivity contribution in [3.8, 4) is 0 Å². The lowest BCUT2D eigenvalue weighted by Gasteiger charge is -2.21. The van der Waals surface area contributed by atoms with E-state index in [9.17, 15) is 22.8 Å². The molecule has 0 radical (unpaired) electrons. The van der Waals surface area contributed by atoms with Gasteiger partial charge in [0, 0.05) is 25.6 Å². The number of ether oxygens (including phenoxy) is 2. The Hall–Kier alpha value is -3.12. The summed E-state index contributed by atoms with van der Waals surface area (Å²) in [6.07, 6.45) is -1.29. The number of rotatable bonds is 7. The summed E-state index contributed by atoms with van der Waals surface area (Å²) in [5.74, 6) is -1.84. The normalized spacial score (nSPS) is 21.2. The van der Waals surface area contributed by atoms with Crippen molar-refractivity contribution >= 4 is 27.9 Å². The summed E-state index contributed by atoms with van der Waals surface area (Å²) >= 11 is 0. The molecule has 2 aliphatic rings. The van der Waals surface area contributed by atoms with Crippen molar-refractivity contribution in [1.82, 2.24) is 10.2 Å². The molecule has 174 valence electrons. The van der Waals surface area contributed by atoms with Gasteiger partial charge >= 0.3 is 5.97 Å². The van der Waals surface area contributed by atoms with Gasteiger partial charge in [0.15, 0.2) is 0 Å². The average molecular weight is 474 g/mol. The van der Waals surface area contributed by atoms with Gasteiger partial charge in [-0.1, -0.05) is 30.3 Å². The summed E-state index contributed by atoms with van der Waals surface area (Å²) in [6.45, 7) is 0.167. The highest BCUT2D eigenvalue weighted by Crippen LogP contribution is 2.29. The van der Waals surface area contributed by atoms with Crippen LogP contribution in [0.25, 0.3) is 0 Å². The fourth-order valence-corrected chi connectivity index (χ4v) is 4.54. The van der Waals surface area contributed by atoms with Crippen LogP contribution in [0.3, 0.4) is 0 Å². The molecule has 2 aliphatic heterocycles. The SMILES string of the molecule is COC(OC(=O)c1ccc2c(c1)C(=O)N(C1CC(OS(C)(=O)=O)CN1)C2=O)c1ccccc1. The number of carbonyl (C=O) groups excluding carboxylic acids is 3. The smallest absolute Gasteiger partial charge is 0.340 e. The van der Waals surface area contributed by atoms with Crippen molar-refractivity contribution in [2.75, 3.05) is 19.9 Å². The van der Waals surface area contributed by atoms with Crippen LogP contribution >= 0.6 is 0 Å². The first-order chi connectivity index (χ1) is 15.7. The number of fused-ring (bicyclic) bond motifs is 1. The van der Waals surface area contributed by atoms with Gasteiger partial charge in [-0.05, 0) is 18.2 Å². The number of amides is 2. The summed E-state index contributed by atoms with van der Waals surface area (Å²) in [5.41, 5.74) is 0.951. The number of benzene rings is 2. The summed E-state index contributed by atoms with van der Waals surface area (Å²) in [6, 6.07) is 13.0. The monoisotopic (exact) mass is 474 g/mol. The molecule has 2 heterocycles. The predicted molar refractivity (Wildman–Crippen MR) is 115 cm³/mol. The van der Waals surface area contributed by atoms with Gasteiger partial charge in [0.05, 0.1) is 35.2 Å². The molecule has 10 nitrogen and oxygen atoms in total. The molecule has 3 atom stereocenters. The fourth-order valence-electron chi connectivity index (χ4n) is 3.90. The standard InChI is InChI=1S/C22H22N2O8S/c1-30-22(13-6-4-3-5-7-13)31-21(27)14-8-9-16-17(10-14)20(26)24(19(16)25)18-11-15(12-23-18)32-33(2,28)29/h3-10,15,18,22-23H,11-12H2,1-2H3. The van der Waals surface area contributed by atoms with Crippen molar-refractivity contribution < 1.29 is 36.5 Å². The van der Waals surface area contributed by atoms with Crippen LogP contribution in [0.15, 0.2) is 48.5 Å². The molecule has 11 heteroatoms. The highest BCUT2D eigenvalue weighted by Gasteiger charge is 2.43. The van der Waals surface area contributed by atoms with E-state index in [0.29, 0.717) is 5.56 Å². The van der Waals surface area contributed by atoms with Gasteiger partial charge in [-0.15, -0.1) is 0 Å². The Kier molecular flexibility index (Phi) is 6.30. The third-order valence-corrected chi connectivity index (χ3v) is 5.97. The zero-order chi connectivity index (χ0) is 23.8. The van der Waals surface area contributed by atoms with E-state index in [4.69, 9.17) is 13.7 Å². The molecule has 2 aromatic carbocycles. The van der Waals surface area contributed by atoms with Crippen LogP contribution in [0.1, 0.15) is 49.3 Å². The van der Waals surface area contributed by atoms with Crippen molar-refractivity contribution in [3.63, 3.8) is 0 Å². The Balaban J connectivity index is 1.50. The molecule has 0 bridgehead atoms. The topological polar surface area (TPSA) is 128 Å². The zero-order valence-corrected chi connectivity index (χ0v) is 18.7. The third-order valence-electron chi connectivity index (χ3n) is 5.34. The molecule has 2 aromatic rings. The largest absolute Gasteiger partial charge is 0.428 e. The van der Waals surface area contributed by atoms with Crippen molar-refractivity contribution in [3.05, 3.63) is 70.8 Å². The second kappa shape index (κ2) is 9.02. The second-order valence-electron chi connectivity index (χ2n) is 7.71. The van der Waals surface area contributed by atoms with E-state index in [2.05, 4.69) is 5.32 Å². The van der Waals surface area contributed by atoms with Gasteiger partial charge in [0.1, 0.15) is 0 Å². The van der Waals surface area contributed by atoms with E-state index >= 15 is 0 Å². The Morgan fingerprint density at radius 3 is 2.45 bits per heavy atom. The highest BCUT2D eigenvalue weighted by molar-refractivity contribution is 7.86. The van der Waals surface area contributed by atoms with Gasteiger partial charge in [0.25, 0.3) is 21.9 Å². The third kappa shape index (κ3) is 4.81. The van der Waals surface area contributed by atoms with E-state index in [1.54, 1.807) is 24.3 Å². The molecule has 0 spiro atoms. The molecule has 33 heavy (non-hydrogen) atoms. The quantitative estimate of drug-likeness (QED) is 0.274. The minimum Gasteiger partial charge on any atom is -0.428 e. The summed E-state index contributed by atoms with van der Waals surface area (Å²) < 4.78 is 38.4. The number of imide groups is 1. The molecule has 0 aliphatic carbocycles. The Labute approximate surface area is 190 Å². The van der Waals surface area contributed by atoms with Crippen LogP contribution in [0.4, 0.5) is 0 Å². The van der Waals surface area contributed by atoms with Crippen LogP contribution in [-0.2, 0) is 23.8 Å². The molecule has 1 fully saturated rings. The van der Waals surface area contributed by atoms with Crippen LogP contribution < -0.4 is 5.32 Å². The summed E-state index contributed by atoms with van der Waals surface area (Å²) in [7, 11) is -2.27. The minimum absolute atomic E-state index is 0.0670. The number of hydrogen-bond acceptors (Lipinski definition) is 9. The average Bonchev–Trinajstić information content (AvgIpc) is 3.32. The number of esters is 1. The molecule has 4 rings (SSSR count). The van der Waals surface area contributed by atoms with Crippen molar-refractivity contribution in [2.24, 2.45) is 0 Å². The van der Waals surface area contributed by atoms with E-state index < -0.39 is 46.5 Å².